The summed E-state index contributed by atoms with van der Waals surface area (Å²) < 4.78 is 6.35. The number of rotatable bonds is 6. The highest BCUT2D eigenvalue weighted by molar-refractivity contribution is 6.05. The fourth-order valence-corrected chi connectivity index (χ4v) is 6.48. The number of aryl methyl sites for hydroxylation is 2. The molecule has 2 heterocycles. The van der Waals surface area contributed by atoms with E-state index in [1.54, 1.807) is 7.05 Å². The topological polar surface area (TPSA) is 66.8 Å². The van der Waals surface area contributed by atoms with Crippen molar-refractivity contribution in [3.05, 3.63) is 75.9 Å². The lowest BCUT2D eigenvalue weighted by Gasteiger charge is -2.31. The SMILES string of the molecule is CCC1=C2[C@@H](CC/C(=C/c3cc(C)c(O)c(C)c3)c3ccccc3)OC[C@@H]2[C@@H]2C(=O)N(C)C(=O)[C@@H]2C1. The number of likely N-dealkylation sites (tertiary alicyclic amines) is 1. The van der Waals surface area contributed by atoms with E-state index >= 15 is 0 Å². The third-order valence-electron chi connectivity index (χ3n) is 8.33. The van der Waals surface area contributed by atoms with E-state index in [2.05, 4.69) is 37.3 Å². The number of hydrogen-bond donors (Lipinski definition) is 1. The van der Waals surface area contributed by atoms with Crippen LogP contribution in [0.4, 0.5) is 0 Å². The van der Waals surface area contributed by atoms with Crippen LogP contribution in [0.1, 0.15) is 54.9 Å². The van der Waals surface area contributed by atoms with Gasteiger partial charge < -0.3 is 9.84 Å². The number of phenolic OH excluding ortho intramolecular Hbond substituents is 1. The number of amides is 2. The van der Waals surface area contributed by atoms with Crippen LogP contribution in [0.3, 0.4) is 0 Å². The first kappa shape index (κ1) is 24.5. The van der Waals surface area contributed by atoms with E-state index in [0.29, 0.717) is 18.8 Å². The van der Waals surface area contributed by atoms with E-state index in [1.165, 1.54) is 27.2 Å². The van der Waals surface area contributed by atoms with E-state index in [4.69, 9.17) is 4.74 Å². The van der Waals surface area contributed by atoms with Gasteiger partial charge in [0.25, 0.3) is 0 Å². The molecule has 0 saturated carbocycles. The summed E-state index contributed by atoms with van der Waals surface area (Å²) in [7, 11) is 1.62. The standard InChI is InChI=1S/C31H35NO4/c1-5-21-16-24-28(31(35)32(4)30(24)34)25-17-36-26(27(21)25)12-11-23(22-9-7-6-8-10-22)15-20-13-18(2)29(33)19(3)14-20/h6-10,13-15,24-26,28,33H,5,11-12,16-17H2,1-4H3/b23-15-/t24-,25+,26-,28-/m1/s1. The van der Waals surface area contributed by atoms with Crippen LogP contribution in [0, 0.1) is 31.6 Å². The molecule has 2 amide bonds. The minimum Gasteiger partial charge on any atom is -0.507 e. The van der Waals surface area contributed by atoms with Gasteiger partial charge in [0, 0.05) is 13.0 Å². The van der Waals surface area contributed by atoms with Crippen LogP contribution >= 0.6 is 0 Å². The molecule has 1 N–H and O–H groups in total. The van der Waals surface area contributed by atoms with Gasteiger partial charge in [-0.1, -0.05) is 48.9 Å². The van der Waals surface area contributed by atoms with E-state index in [0.717, 1.165) is 36.0 Å². The Morgan fingerprint density at radius 1 is 1.08 bits per heavy atom. The molecular formula is C31H35NO4. The van der Waals surface area contributed by atoms with Crippen LogP contribution in [0.5, 0.6) is 5.75 Å². The highest BCUT2D eigenvalue weighted by Crippen LogP contribution is 2.50. The zero-order valence-corrected chi connectivity index (χ0v) is 21.6. The summed E-state index contributed by atoms with van der Waals surface area (Å²) in [6.45, 7) is 6.51. The minimum absolute atomic E-state index is 0.0108. The Kier molecular flexibility index (Phi) is 6.60. The number of aromatic hydroxyl groups is 1. The fourth-order valence-electron chi connectivity index (χ4n) is 6.48. The molecule has 5 heteroatoms. The predicted octanol–water partition coefficient (Wildman–Crippen LogP) is 5.69. The third kappa shape index (κ3) is 4.20. The molecule has 0 bridgehead atoms. The molecular weight excluding hydrogens is 450 g/mol. The Bertz CT molecular complexity index is 1240. The lowest BCUT2D eigenvalue weighted by molar-refractivity contribution is -0.138. The molecule has 0 aromatic heterocycles. The Labute approximate surface area is 213 Å². The van der Waals surface area contributed by atoms with E-state index in [9.17, 15) is 14.7 Å². The van der Waals surface area contributed by atoms with Crippen molar-refractivity contribution in [1.82, 2.24) is 4.90 Å². The van der Waals surface area contributed by atoms with Gasteiger partial charge in [0.15, 0.2) is 0 Å². The second kappa shape index (κ2) is 9.70. The molecule has 188 valence electrons. The molecule has 2 saturated heterocycles. The van der Waals surface area contributed by atoms with Crippen LogP contribution in [0.15, 0.2) is 53.6 Å². The van der Waals surface area contributed by atoms with Crippen LogP contribution in [0.25, 0.3) is 11.6 Å². The summed E-state index contributed by atoms with van der Waals surface area (Å²) in [6.07, 6.45) is 5.38. The number of benzene rings is 2. The molecule has 3 aliphatic rings. The molecule has 5 nitrogen and oxygen atoms in total. The number of allylic oxidation sites excluding steroid dienone is 2. The number of imide groups is 1. The van der Waals surface area contributed by atoms with Crippen LogP contribution < -0.4 is 0 Å². The summed E-state index contributed by atoms with van der Waals surface area (Å²) in [6, 6.07) is 14.4. The summed E-state index contributed by atoms with van der Waals surface area (Å²) >= 11 is 0. The molecule has 36 heavy (non-hydrogen) atoms. The maximum atomic E-state index is 12.9. The maximum Gasteiger partial charge on any atom is 0.233 e. The number of nitrogens with zero attached hydrogens (tertiary/aromatic N) is 1. The number of phenols is 1. The lowest BCUT2D eigenvalue weighted by atomic mass is 9.69. The third-order valence-corrected chi connectivity index (χ3v) is 8.33. The highest BCUT2D eigenvalue weighted by Gasteiger charge is 2.55. The van der Waals surface area contributed by atoms with Crippen molar-refractivity contribution < 1.29 is 19.4 Å². The number of fused-ring (bicyclic) bond motifs is 3. The molecule has 2 fully saturated rings. The van der Waals surface area contributed by atoms with Gasteiger partial charge in [0.1, 0.15) is 5.75 Å². The number of carbonyl (C=O) groups is 2. The summed E-state index contributed by atoms with van der Waals surface area (Å²) in [5, 5.41) is 10.2. The molecule has 4 atom stereocenters. The largest absolute Gasteiger partial charge is 0.507 e. The van der Waals surface area contributed by atoms with Crippen molar-refractivity contribution in [3.8, 4) is 5.75 Å². The Morgan fingerprint density at radius 2 is 1.78 bits per heavy atom. The normalized spacial score (nSPS) is 26.0. The minimum atomic E-state index is -0.273. The van der Waals surface area contributed by atoms with Gasteiger partial charge in [-0.3, -0.25) is 14.5 Å². The summed E-state index contributed by atoms with van der Waals surface area (Å²) in [4.78, 5) is 27.0. The monoisotopic (exact) mass is 485 g/mol. The first-order valence-electron chi connectivity index (χ1n) is 13.0. The van der Waals surface area contributed by atoms with Crippen molar-refractivity contribution >= 4 is 23.5 Å². The van der Waals surface area contributed by atoms with Crippen molar-refractivity contribution in [1.29, 1.82) is 0 Å². The first-order chi connectivity index (χ1) is 17.3. The second-order valence-electron chi connectivity index (χ2n) is 10.5. The van der Waals surface area contributed by atoms with Gasteiger partial charge in [-0.05, 0) is 85.1 Å². The first-order valence-corrected chi connectivity index (χ1v) is 13.0. The molecule has 0 radical (unpaired) electrons. The van der Waals surface area contributed by atoms with Crippen molar-refractivity contribution in [2.75, 3.05) is 13.7 Å². The number of ether oxygens (including phenoxy) is 1. The zero-order valence-electron chi connectivity index (χ0n) is 21.6. The molecule has 2 aromatic rings. The fraction of sp³-hybridized carbons (Fsp3) is 0.419. The van der Waals surface area contributed by atoms with E-state index < -0.39 is 0 Å². The predicted molar refractivity (Wildman–Crippen MR) is 141 cm³/mol. The van der Waals surface area contributed by atoms with Crippen LogP contribution in [0.2, 0.25) is 0 Å². The average Bonchev–Trinajstić information content (AvgIpc) is 3.40. The van der Waals surface area contributed by atoms with E-state index in [-0.39, 0.29) is 35.7 Å². The van der Waals surface area contributed by atoms with Gasteiger partial charge in [-0.25, -0.2) is 0 Å². The van der Waals surface area contributed by atoms with Crippen molar-refractivity contribution in [2.24, 2.45) is 17.8 Å². The van der Waals surface area contributed by atoms with Gasteiger partial charge in [0.2, 0.25) is 11.8 Å². The van der Waals surface area contributed by atoms with E-state index in [1.807, 2.05) is 32.0 Å². The summed E-state index contributed by atoms with van der Waals surface area (Å²) in [5.74, 6) is -0.225. The Balaban J connectivity index is 1.43. The van der Waals surface area contributed by atoms with Gasteiger partial charge >= 0.3 is 0 Å². The van der Waals surface area contributed by atoms with Crippen molar-refractivity contribution in [3.63, 3.8) is 0 Å². The summed E-state index contributed by atoms with van der Waals surface area (Å²) in [5.41, 5.74) is 7.76. The molecule has 2 aliphatic heterocycles. The number of hydrogen-bond acceptors (Lipinski definition) is 4. The maximum absolute atomic E-state index is 12.9. The molecule has 1 aliphatic carbocycles. The average molecular weight is 486 g/mol. The quantitative estimate of drug-likeness (QED) is 0.324. The number of carbonyl (C=O) groups excluding carboxylic acids is 2. The Morgan fingerprint density at radius 3 is 2.44 bits per heavy atom. The molecule has 5 rings (SSSR count). The van der Waals surface area contributed by atoms with Crippen molar-refractivity contribution in [2.45, 2.75) is 52.6 Å². The highest BCUT2D eigenvalue weighted by atomic mass is 16.5. The van der Waals surface area contributed by atoms with Crippen LogP contribution in [-0.2, 0) is 14.3 Å². The van der Waals surface area contributed by atoms with Gasteiger partial charge in [-0.15, -0.1) is 0 Å². The Hall–Kier alpha value is -3.18. The second-order valence-corrected chi connectivity index (χ2v) is 10.5. The molecule has 0 spiro atoms. The van der Waals surface area contributed by atoms with Crippen LogP contribution in [-0.4, -0.2) is 41.6 Å². The van der Waals surface area contributed by atoms with Gasteiger partial charge in [0.05, 0.1) is 24.5 Å². The molecule has 0 unspecified atom stereocenters. The lowest BCUT2D eigenvalue weighted by Crippen LogP contribution is -2.33. The van der Waals surface area contributed by atoms with Gasteiger partial charge in [-0.2, -0.15) is 0 Å². The zero-order chi connectivity index (χ0) is 25.6. The smallest absolute Gasteiger partial charge is 0.233 e. The molecule has 2 aromatic carbocycles.